The van der Waals surface area contributed by atoms with Gasteiger partial charge in [-0.1, -0.05) is 23.2 Å². The number of ether oxygens (including phenoxy) is 1. The minimum Gasteiger partial charge on any atom is -0.462 e. The van der Waals surface area contributed by atoms with Gasteiger partial charge < -0.3 is 10.1 Å². The SMILES string of the molecule is CCOC(=O)c1sc(NC(=O)c2cc(Cl)ccc2Cl)c(SC#N)c1C. The molecule has 0 fully saturated rings. The fraction of sp³-hybridized carbons (Fsp3) is 0.188. The van der Waals surface area contributed by atoms with E-state index in [0.717, 1.165) is 23.1 Å². The molecule has 1 aromatic carbocycles. The molecule has 1 N–H and O–H groups in total. The fourth-order valence-corrected chi connectivity index (χ4v) is 4.15. The van der Waals surface area contributed by atoms with Crippen LogP contribution in [0.2, 0.25) is 10.0 Å². The maximum Gasteiger partial charge on any atom is 0.348 e. The number of anilines is 1. The Labute approximate surface area is 162 Å². The summed E-state index contributed by atoms with van der Waals surface area (Å²) in [6.07, 6.45) is 0. The Morgan fingerprint density at radius 2 is 2.12 bits per heavy atom. The van der Waals surface area contributed by atoms with Crippen LogP contribution in [0.1, 0.15) is 32.5 Å². The molecule has 0 aliphatic carbocycles. The molecule has 1 heterocycles. The Morgan fingerprint density at radius 3 is 2.76 bits per heavy atom. The Kier molecular flexibility index (Phi) is 6.73. The average Bonchev–Trinajstić information content (AvgIpc) is 2.87. The molecule has 0 aliphatic heterocycles. The van der Waals surface area contributed by atoms with Crippen LogP contribution in [0, 0.1) is 17.6 Å². The van der Waals surface area contributed by atoms with E-state index in [9.17, 15) is 9.59 Å². The monoisotopic (exact) mass is 414 g/mol. The van der Waals surface area contributed by atoms with Crippen molar-refractivity contribution >= 4 is 63.2 Å². The topological polar surface area (TPSA) is 79.2 Å². The van der Waals surface area contributed by atoms with Gasteiger partial charge in [-0.15, -0.1) is 11.3 Å². The quantitative estimate of drug-likeness (QED) is 0.404. The third-order valence-corrected chi connectivity index (χ3v) is 5.79. The van der Waals surface area contributed by atoms with Crippen molar-refractivity contribution in [3.63, 3.8) is 0 Å². The summed E-state index contributed by atoms with van der Waals surface area (Å²) >= 11 is 13.9. The lowest BCUT2D eigenvalue weighted by atomic mass is 10.2. The molecule has 1 aromatic heterocycles. The minimum absolute atomic E-state index is 0.200. The second kappa shape index (κ2) is 8.59. The van der Waals surface area contributed by atoms with Crippen LogP contribution < -0.4 is 5.32 Å². The van der Waals surface area contributed by atoms with Gasteiger partial charge >= 0.3 is 5.97 Å². The van der Waals surface area contributed by atoms with Gasteiger partial charge in [0.05, 0.1) is 22.1 Å². The molecule has 1 amide bonds. The zero-order valence-electron chi connectivity index (χ0n) is 13.2. The second-order valence-corrected chi connectivity index (χ2v) is 7.37. The highest BCUT2D eigenvalue weighted by Crippen LogP contribution is 2.40. The van der Waals surface area contributed by atoms with Gasteiger partial charge in [-0.2, -0.15) is 5.26 Å². The number of esters is 1. The normalized spacial score (nSPS) is 10.2. The van der Waals surface area contributed by atoms with Gasteiger partial charge in [-0.05, 0) is 49.4 Å². The summed E-state index contributed by atoms with van der Waals surface area (Å²) in [4.78, 5) is 25.4. The number of thiophene rings is 1. The van der Waals surface area contributed by atoms with Crippen LogP contribution in [-0.4, -0.2) is 18.5 Å². The summed E-state index contributed by atoms with van der Waals surface area (Å²) in [6.45, 7) is 3.64. The molecule has 9 heteroatoms. The lowest BCUT2D eigenvalue weighted by Gasteiger charge is -2.06. The van der Waals surface area contributed by atoms with Crippen LogP contribution in [0.3, 0.4) is 0 Å². The summed E-state index contributed by atoms with van der Waals surface area (Å²) in [5.74, 6) is -0.977. The molecule has 2 aromatic rings. The summed E-state index contributed by atoms with van der Waals surface area (Å²) in [7, 11) is 0. The first-order valence-electron chi connectivity index (χ1n) is 7.01. The van der Waals surface area contributed by atoms with Gasteiger partial charge in [0.2, 0.25) is 0 Å². The lowest BCUT2D eigenvalue weighted by molar-refractivity contribution is 0.0531. The molecule has 130 valence electrons. The first kappa shape index (κ1) is 19.6. The molecule has 0 saturated heterocycles. The van der Waals surface area contributed by atoms with E-state index in [1.807, 2.05) is 5.40 Å². The van der Waals surface area contributed by atoms with Crippen LogP contribution in [0.4, 0.5) is 5.00 Å². The zero-order valence-corrected chi connectivity index (χ0v) is 16.3. The molecule has 0 spiro atoms. The molecule has 0 radical (unpaired) electrons. The number of carbonyl (C=O) groups is 2. The Morgan fingerprint density at radius 1 is 1.40 bits per heavy atom. The molecule has 0 unspecified atom stereocenters. The van der Waals surface area contributed by atoms with E-state index in [-0.39, 0.29) is 17.2 Å². The lowest BCUT2D eigenvalue weighted by Crippen LogP contribution is -2.12. The van der Waals surface area contributed by atoms with E-state index in [4.69, 9.17) is 33.2 Å². The molecule has 25 heavy (non-hydrogen) atoms. The van der Waals surface area contributed by atoms with E-state index in [1.165, 1.54) is 12.1 Å². The predicted molar refractivity (Wildman–Crippen MR) is 101 cm³/mol. The van der Waals surface area contributed by atoms with Crippen molar-refractivity contribution in [3.8, 4) is 5.40 Å². The van der Waals surface area contributed by atoms with Crippen molar-refractivity contribution in [2.75, 3.05) is 11.9 Å². The number of rotatable bonds is 5. The van der Waals surface area contributed by atoms with Gasteiger partial charge in [0.15, 0.2) is 0 Å². The van der Waals surface area contributed by atoms with Crippen LogP contribution in [0.15, 0.2) is 23.1 Å². The summed E-state index contributed by atoms with van der Waals surface area (Å²) in [5.41, 5.74) is 0.785. The van der Waals surface area contributed by atoms with Crippen LogP contribution in [0.5, 0.6) is 0 Å². The summed E-state index contributed by atoms with van der Waals surface area (Å²) in [6, 6.07) is 4.54. The van der Waals surface area contributed by atoms with Crippen molar-refractivity contribution in [2.45, 2.75) is 18.7 Å². The standard InChI is InChI=1S/C16H12Cl2N2O3S2/c1-3-23-16(22)13-8(2)12(24-7-19)15(25-13)20-14(21)10-6-9(17)4-5-11(10)18/h4-6H,3H2,1-2H3,(H,20,21). The fourth-order valence-electron chi connectivity index (χ4n) is 1.98. The number of carbonyl (C=O) groups excluding carboxylic acids is 2. The van der Waals surface area contributed by atoms with Gasteiger partial charge in [-0.3, -0.25) is 4.79 Å². The predicted octanol–water partition coefficient (Wildman–Crippen LogP) is 5.37. The average molecular weight is 415 g/mol. The Hall–Kier alpha value is -1.72. The maximum absolute atomic E-state index is 12.5. The highest BCUT2D eigenvalue weighted by molar-refractivity contribution is 8.04. The van der Waals surface area contributed by atoms with Crippen LogP contribution in [0.25, 0.3) is 0 Å². The van der Waals surface area contributed by atoms with Gasteiger partial charge in [-0.25, -0.2) is 4.79 Å². The number of hydrogen-bond acceptors (Lipinski definition) is 6. The molecule has 0 atom stereocenters. The van der Waals surface area contributed by atoms with E-state index >= 15 is 0 Å². The van der Waals surface area contributed by atoms with Crippen LogP contribution >= 0.6 is 46.3 Å². The van der Waals surface area contributed by atoms with Gasteiger partial charge in [0.25, 0.3) is 5.91 Å². The van der Waals surface area contributed by atoms with Crippen molar-refractivity contribution in [3.05, 3.63) is 44.2 Å². The highest BCUT2D eigenvalue weighted by atomic mass is 35.5. The van der Waals surface area contributed by atoms with E-state index < -0.39 is 11.9 Å². The number of amides is 1. The van der Waals surface area contributed by atoms with E-state index in [1.54, 1.807) is 19.9 Å². The zero-order chi connectivity index (χ0) is 18.6. The molecular weight excluding hydrogens is 403 g/mol. The van der Waals surface area contributed by atoms with Crippen LogP contribution in [-0.2, 0) is 4.74 Å². The number of hydrogen-bond donors (Lipinski definition) is 1. The number of thiocyanates is 1. The smallest absolute Gasteiger partial charge is 0.348 e. The molecule has 5 nitrogen and oxygen atoms in total. The van der Waals surface area contributed by atoms with Gasteiger partial charge in [0.1, 0.15) is 15.3 Å². The Balaban J connectivity index is 2.39. The number of thioether (sulfide) groups is 1. The third kappa shape index (κ3) is 4.47. The molecule has 0 aliphatic rings. The maximum atomic E-state index is 12.5. The first-order chi connectivity index (χ1) is 11.9. The van der Waals surface area contributed by atoms with E-state index in [2.05, 4.69) is 5.32 Å². The summed E-state index contributed by atoms with van der Waals surface area (Å²) in [5, 5.41) is 14.7. The van der Waals surface area contributed by atoms with Gasteiger partial charge in [0, 0.05) is 5.02 Å². The van der Waals surface area contributed by atoms with E-state index in [0.29, 0.717) is 25.4 Å². The minimum atomic E-state index is -0.494. The highest BCUT2D eigenvalue weighted by Gasteiger charge is 2.23. The third-order valence-electron chi connectivity index (χ3n) is 3.10. The molecule has 2 rings (SSSR count). The second-order valence-electron chi connectivity index (χ2n) is 4.71. The molecular formula is C16H12Cl2N2O3S2. The number of nitrogens with one attached hydrogen (secondary N) is 1. The molecule has 0 bridgehead atoms. The first-order valence-corrected chi connectivity index (χ1v) is 9.40. The largest absolute Gasteiger partial charge is 0.462 e. The number of nitrogens with zero attached hydrogens (tertiary/aromatic N) is 1. The van der Waals surface area contributed by atoms with Crippen molar-refractivity contribution in [1.29, 1.82) is 5.26 Å². The summed E-state index contributed by atoms with van der Waals surface area (Å²) < 4.78 is 5.01. The number of nitriles is 1. The number of benzene rings is 1. The molecule has 0 saturated carbocycles. The van der Waals surface area contributed by atoms with Crippen molar-refractivity contribution in [1.82, 2.24) is 0 Å². The van der Waals surface area contributed by atoms with Crippen molar-refractivity contribution in [2.24, 2.45) is 0 Å². The van der Waals surface area contributed by atoms with Crippen molar-refractivity contribution < 1.29 is 14.3 Å². The Bertz CT molecular complexity index is 875. The number of halogens is 2.